The smallest absolute Gasteiger partial charge is 0.0991 e. The van der Waals surface area contributed by atoms with E-state index in [1.165, 1.54) is 5.69 Å². The van der Waals surface area contributed by atoms with E-state index < -0.39 is 0 Å². The van der Waals surface area contributed by atoms with Gasteiger partial charge in [-0.25, -0.2) is 0 Å². The van der Waals surface area contributed by atoms with Gasteiger partial charge in [-0.2, -0.15) is 5.26 Å². The monoisotopic (exact) mass is 244 g/mol. The Bertz CT molecular complexity index is 412. The van der Waals surface area contributed by atoms with E-state index in [1.54, 1.807) is 0 Å². The van der Waals surface area contributed by atoms with Crippen molar-refractivity contribution >= 4 is 5.69 Å². The summed E-state index contributed by atoms with van der Waals surface area (Å²) in [7, 11) is 0. The third kappa shape index (κ3) is 2.81. The van der Waals surface area contributed by atoms with Gasteiger partial charge in [-0.1, -0.05) is 0 Å². The summed E-state index contributed by atoms with van der Waals surface area (Å²) in [6.45, 7) is 7.05. The summed E-state index contributed by atoms with van der Waals surface area (Å²) >= 11 is 0. The van der Waals surface area contributed by atoms with Crippen molar-refractivity contribution in [1.29, 1.82) is 5.26 Å². The molecule has 1 aromatic rings. The van der Waals surface area contributed by atoms with Crippen LogP contribution in [0.4, 0.5) is 5.69 Å². The standard InChI is InChI=1S/C14H20N4/c1-12(10-15)17-6-8-18(9-7-17)14-4-2-13(11-16)3-5-14/h2-5,12H,6-10,15H2,1H3. The van der Waals surface area contributed by atoms with Gasteiger partial charge in [0.2, 0.25) is 0 Å². The number of piperazine rings is 1. The molecule has 1 aliphatic rings. The molecule has 4 nitrogen and oxygen atoms in total. The van der Waals surface area contributed by atoms with Gasteiger partial charge in [-0.05, 0) is 31.2 Å². The summed E-state index contributed by atoms with van der Waals surface area (Å²) in [4.78, 5) is 4.79. The lowest BCUT2D eigenvalue weighted by molar-refractivity contribution is 0.201. The van der Waals surface area contributed by atoms with Crippen LogP contribution in [0.25, 0.3) is 0 Å². The van der Waals surface area contributed by atoms with Gasteiger partial charge in [0.15, 0.2) is 0 Å². The van der Waals surface area contributed by atoms with E-state index in [1.807, 2.05) is 24.3 Å². The Morgan fingerprint density at radius 3 is 2.33 bits per heavy atom. The van der Waals surface area contributed by atoms with Crippen LogP contribution in [0.5, 0.6) is 0 Å². The molecule has 1 heterocycles. The van der Waals surface area contributed by atoms with Crippen LogP contribution < -0.4 is 10.6 Å². The molecule has 1 atom stereocenters. The molecule has 2 N–H and O–H groups in total. The van der Waals surface area contributed by atoms with Crippen LogP contribution in [-0.2, 0) is 0 Å². The van der Waals surface area contributed by atoms with Gasteiger partial charge in [0, 0.05) is 44.5 Å². The fourth-order valence-electron chi connectivity index (χ4n) is 2.32. The lowest BCUT2D eigenvalue weighted by atomic mass is 10.1. The third-order valence-corrected chi connectivity index (χ3v) is 3.64. The third-order valence-electron chi connectivity index (χ3n) is 3.64. The summed E-state index contributed by atoms with van der Waals surface area (Å²) in [5.41, 5.74) is 7.61. The fourth-order valence-corrected chi connectivity index (χ4v) is 2.32. The van der Waals surface area contributed by atoms with E-state index in [9.17, 15) is 0 Å². The van der Waals surface area contributed by atoms with Crippen molar-refractivity contribution in [1.82, 2.24) is 4.90 Å². The van der Waals surface area contributed by atoms with Crippen molar-refractivity contribution in [3.63, 3.8) is 0 Å². The molecule has 0 saturated carbocycles. The summed E-state index contributed by atoms with van der Waals surface area (Å²) < 4.78 is 0. The van der Waals surface area contributed by atoms with E-state index in [2.05, 4.69) is 22.8 Å². The van der Waals surface area contributed by atoms with Crippen LogP contribution in [0, 0.1) is 11.3 Å². The number of rotatable bonds is 3. The van der Waals surface area contributed by atoms with Crippen molar-refractivity contribution in [3.8, 4) is 6.07 Å². The Morgan fingerprint density at radius 1 is 1.22 bits per heavy atom. The van der Waals surface area contributed by atoms with E-state index in [0.29, 0.717) is 11.6 Å². The quantitative estimate of drug-likeness (QED) is 0.862. The van der Waals surface area contributed by atoms with Crippen molar-refractivity contribution < 1.29 is 0 Å². The highest BCUT2D eigenvalue weighted by Gasteiger charge is 2.20. The first kappa shape index (κ1) is 12.9. The fraction of sp³-hybridized carbons (Fsp3) is 0.500. The molecule has 0 aromatic heterocycles. The maximum Gasteiger partial charge on any atom is 0.0991 e. The summed E-state index contributed by atoms with van der Waals surface area (Å²) in [5.74, 6) is 0. The minimum atomic E-state index is 0.466. The van der Waals surface area contributed by atoms with Crippen LogP contribution in [0.2, 0.25) is 0 Å². The van der Waals surface area contributed by atoms with Gasteiger partial charge >= 0.3 is 0 Å². The highest BCUT2D eigenvalue weighted by atomic mass is 15.3. The highest BCUT2D eigenvalue weighted by molar-refractivity contribution is 5.50. The summed E-state index contributed by atoms with van der Waals surface area (Å²) in [6, 6.07) is 10.4. The zero-order valence-corrected chi connectivity index (χ0v) is 10.8. The van der Waals surface area contributed by atoms with Crippen LogP contribution in [0.1, 0.15) is 12.5 Å². The lowest BCUT2D eigenvalue weighted by Gasteiger charge is -2.38. The number of anilines is 1. The molecule has 1 aliphatic heterocycles. The van der Waals surface area contributed by atoms with Gasteiger partial charge in [-0.15, -0.1) is 0 Å². The Kier molecular flexibility index (Phi) is 4.19. The van der Waals surface area contributed by atoms with Gasteiger partial charge in [0.1, 0.15) is 0 Å². The number of hydrogen-bond donors (Lipinski definition) is 1. The molecule has 2 rings (SSSR count). The summed E-state index contributed by atoms with van der Waals surface area (Å²) in [5, 5.41) is 8.78. The average Bonchev–Trinajstić information content (AvgIpc) is 2.47. The predicted molar refractivity (Wildman–Crippen MR) is 73.5 cm³/mol. The maximum absolute atomic E-state index is 8.78. The highest BCUT2D eigenvalue weighted by Crippen LogP contribution is 2.17. The topological polar surface area (TPSA) is 56.3 Å². The van der Waals surface area contributed by atoms with Crippen molar-refractivity contribution in [2.75, 3.05) is 37.6 Å². The molecule has 0 amide bonds. The van der Waals surface area contributed by atoms with E-state index in [0.717, 1.165) is 32.7 Å². The van der Waals surface area contributed by atoms with Crippen molar-refractivity contribution in [2.24, 2.45) is 5.73 Å². The van der Waals surface area contributed by atoms with E-state index >= 15 is 0 Å². The summed E-state index contributed by atoms with van der Waals surface area (Å²) in [6.07, 6.45) is 0. The first-order chi connectivity index (χ1) is 8.74. The minimum absolute atomic E-state index is 0.466. The molecule has 18 heavy (non-hydrogen) atoms. The molecule has 1 aromatic carbocycles. The number of hydrogen-bond acceptors (Lipinski definition) is 4. The molecular weight excluding hydrogens is 224 g/mol. The minimum Gasteiger partial charge on any atom is -0.369 e. The normalized spacial score (nSPS) is 18.4. The molecule has 4 heteroatoms. The molecule has 0 bridgehead atoms. The van der Waals surface area contributed by atoms with Crippen LogP contribution in [0.3, 0.4) is 0 Å². The average molecular weight is 244 g/mol. The molecule has 1 fully saturated rings. The zero-order chi connectivity index (χ0) is 13.0. The lowest BCUT2D eigenvalue weighted by Crippen LogP contribution is -2.51. The van der Waals surface area contributed by atoms with E-state index in [-0.39, 0.29) is 0 Å². The second-order valence-corrected chi connectivity index (χ2v) is 4.77. The molecule has 0 radical (unpaired) electrons. The Morgan fingerprint density at radius 2 is 1.83 bits per heavy atom. The van der Waals surface area contributed by atoms with E-state index in [4.69, 9.17) is 11.0 Å². The molecule has 96 valence electrons. The number of nitriles is 1. The first-order valence-electron chi connectivity index (χ1n) is 6.44. The van der Waals surface area contributed by atoms with Gasteiger partial charge < -0.3 is 10.6 Å². The zero-order valence-electron chi connectivity index (χ0n) is 10.8. The maximum atomic E-state index is 8.78. The predicted octanol–water partition coefficient (Wildman–Crippen LogP) is 1.03. The Balaban J connectivity index is 1.95. The van der Waals surface area contributed by atoms with Crippen molar-refractivity contribution in [3.05, 3.63) is 29.8 Å². The number of nitrogens with zero attached hydrogens (tertiary/aromatic N) is 3. The van der Waals surface area contributed by atoms with Crippen LogP contribution in [0.15, 0.2) is 24.3 Å². The van der Waals surface area contributed by atoms with Crippen LogP contribution in [-0.4, -0.2) is 43.7 Å². The van der Waals surface area contributed by atoms with Gasteiger partial charge in [-0.3, -0.25) is 4.90 Å². The second-order valence-electron chi connectivity index (χ2n) is 4.77. The van der Waals surface area contributed by atoms with Gasteiger partial charge in [0.25, 0.3) is 0 Å². The second kappa shape index (κ2) is 5.85. The largest absolute Gasteiger partial charge is 0.369 e. The first-order valence-corrected chi connectivity index (χ1v) is 6.44. The van der Waals surface area contributed by atoms with Crippen molar-refractivity contribution in [2.45, 2.75) is 13.0 Å². The molecular formula is C14H20N4. The molecule has 1 saturated heterocycles. The SMILES string of the molecule is CC(CN)N1CCN(c2ccc(C#N)cc2)CC1. The molecule has 0 spiro atoms. The van der Waals surface area contributed by atoms with Crippen LogP contribution >= 0.6 is 0 Å². The van der Waals surface area contributed by atoms with Gasteiger partial charge in [0.05, 0.1) is 11.6 Å². The number of benzene rings is 1. The Labute approximate surface area is 109 Å². The molecule has 0 aliphatic carbocycles. The molecule has 1 unspecified atom stereocenters. The Hall–Kier alpha value is -1.57. The number of nitrogens with two attached hydrogens (primary N) is 1.